The van der Waals surface area contributed by atoms with Gasteiger partial charge < -0.3 is 20.5 Å². The first-order valence-electron chi connectivity index (χ1n) is 8.27. The number of aliphatic carboxylic acids is 1. The van der Waals surface area contributed by atoms with Gasteiger partial charge >= 0.3 is 0 Å². The molecule has 0 spiro atoms. The number of halogens is 1. The van der Waals surface area contributed by atoms with E-state index in [1.165, 1.54) is 30.3 Å². The van der Waals surface area contributed by atoms with E-state index in [0.717, 1.165) is 4.47 Å². The lowest BCUT2D eigenvalue weighted by Gasteiger charge is -2.11. The molecule has 2 aromatic carbocycles. The summed E-state index contributed by atoms with van der Waals surface area (Å²) in [6.45, 7) is -0.207. The van der Waals surface area contributed by atoms with Gasteiger partial charge in [0.1, 0.15) is 5.70 Å². The number of carboxylic acids is 1. The van der Waals surface area contributed by atoms with Crippen LogP contribution in [0.1, 0.15) is 22.3 Å². The van der Waals surface area contributed by atoms with Crippen LogP contribution in [0.25, 0.3) is 6.08 Å². The van der Waals surface area contributed by atoms with E-state index in [4.69, 9.17) is 0 Å². The Morgan fingerprint density at radius 1 is 1.10 bits per heavy atom. The van der Waals surface area contributed by atoms with Gasteiger partial charge in [0.15, 0.2) is 0 Å². The van der Waals surface area contributed by atoms with E-state index < -0.39 is 29.1 Å². The summed E-state index contributed by atoms with van der Waals surface area (Å²) in [5, 5.41) is 26.3. The minimum Gasteiger partial charge on any atom is -0.550 e. The first-order valence-corrected chi connectivity index (χ1v) is 9.06. The fraction of sp³-hybridized carbons (Fsp3) is 0.105. The summed E-state index contributed by atoms with van der Waals surface area (Å²) in [5.41, 5.74) is 0.201. The van der Waals surface area contributed by atoms with E-state index >= 15 is 0 Å². The van der Waals surface area contributed by atoms with E-state index in [9.17, 15) is 29.6 Å². The topological polar surface area (TPSA) is 141 Å². The quantitative estimate of drug-likeness (QED) is 0.346. The lowest BCUT2D eigenvalue weighted by atomic mass is 10.1. The van der Waals surface area contributed by atoms with Crippen molar-refractivity contribution >= 4 is 45.5 Å². The van der Waals surface area contributed by atoms with Crippen LogP contribution in [-0.4, -0.2) is 29.3 Å². The Balaban J connectivity index is 2.29. The molecule has 10 heteroatoms. The first-order chi connectivity index (χ1) is 13.8. The summed E-state index contributed by atoms with van der Waals surface area (Å²) in [5.74, 6) is -2.67. The Hall–Kier alpha value is -3.53. The van der Waals surface area contributed by atoms with Crippen molar-refractivity contribution in [3.8, 4) is 0 Å². The van der Waals surface area contributed by atoms with E-state index in [1.807, 2.05) is 0 Å². The molecule has 9 nitrogen and oxygen atoms in total. The van der Waals surface area contributed by atoms with Crippen LogP contribution in [0, 0.1) is 10.1 Å². The number of hydrogen-bond donors (Lipinski definition) is 2. The number of carbonyl (C=O) groups is 3. The summed E-state index contributed by atoms with van der Waals surface area (Å²) in [6.07, 6.45) is 0.856. The van der Waals surface area contributed by atoms with Crippen molar-refractivity contribution in [2.24, 2.45) is 0 Å². The minimum absolute atomic E-state index is 0.185. The number of carboxylic acid groups (broad SMARTS) is 1. The number of nitro groups is 1. The zero-order chi connectivity index (χ0) is 21.4. The van der Waals surface area contributed by atoms with Crippen LogP contribution >= 0.6 is 15.9 Å². The molecule has 0 fully saturated rings. The van der Waals surface area contributed by atoms with Gasteiger partial charge in [0.2, 0.25) is 0 Å². The van der Waals surface area contributed by atoms with Gasteiger partial charge in [0.25, 0.3) is 17.5 Å². The Bertz CT molecular complexity index is 972. The van der Waals surface area contributed by atoms with Crippen molar-refractivity contribution in [1.82, 2.24) is 10.6 Å². The number of benzene rings is 2. The third kappa shape index (κ3) is 6.85. The van der Waals surface area contributed by atoms with Crippen LogP contribution in [0.15, 0.2) is 58.7 Å². The zero-order valence-electron chi connectivity index (χ0n) is 14.9. The number of non-ortho nitro benzene ring substituents is 1. The van der Waals surface area contributed by atoms with Crippen molar-refractivity contribution in [2.75, 3.05) is 6.54 Å². The standard InChI is InChI=1S/C19H16BrN3O6/c20-14-6-4-13(5-7-14)18(26)22-16(19(27)21-9-8-17(24)25)11-12-2-1-3-15(10-12)23(28)29/h1-7,10-11H,8-9H2,(H,21,27)(H,22,26)(H,24,25)/p-1/b16-11-. The molecular formula is C19H15BrN3O6-. The average Bonchev–Trinajstić information content (AvgIpc) is 2.67. The predicted molar refractivity (Wildman–Crippen MR) is 105 cm³/mol. The minimum atomic E-state index is -1.34. The van der Waals surface area contributed by atoms with Crippen LogP contribution in [0.3, 0.4) is 0 Å². The van der Waals surface area contributed by atoms with Crippen molar-refractivity contribution in [1.29, 1.82) is 0 Å². The van der Waals surface area contributed by atoms with Gasteiger partial charge in [-0.2, -0.15) is 0 Å². The third-order valence-electron chi connectivity index (χ3n) is 3.61. The van der Waals surface area contributed by atoms with Crippen molar-refractivity contribution in [3.05, 3.63) is 79.9 Å². The fourth-order valence-electron chi connectivity index (χ4n) is 2.22. The Morgan fingerprint density at radius 2 is 1.79 bits per heavy atom. The highest BCUT2D eigenvalue weighted by molar-refractivity contribution is 9.10. The fourth-order valence-corrected chi connectivity index (χ4v) is 2.49. The lowest BCUT2D eigenvalue weighted by molar-refractivity contribution is -0.384. The number of nitro benzene ring substituents is 1. The van der Waals surface area contributed by atoms with Crippen molar-refractivity contribution in [2.45, 2.75) is 6.42 Å². The van der Waals surface area contributed by atoms with Crippen LogP contribution in [0.2, 0.25) is 0 Å². The van der Waals surface area contributed by atoms with Gasteiger partial charge in [-0.05, 0) is 35.9 Å². The lowest BCUT2D eigenvalue weighted by Crippen LogP contribution is -2.37. The highest BCUT2D eigenvalue weighted by Gasteiger charge is 2.15. The van der Waals surface area contributed by atoms with Gasteiger partial charge in [-0.25, -0.2) is 0 Å². The molecule has 0 saturated heterocycles. The summed E-state index contributed by atoms with van der Waals surface area (Å²) >= 11 is 3.26. The molecule has 0 atom stereocenters. The van der Waals surface area contributed by atoms with Gasteiger partial charge in [-0.1, -0.05) is 28.1 Å². The molecule has 2 aromatic rings. The van der Waals surface area contributed by atoms with Gasteiger partial charge in [0.05, 0.1) is 4.92 Å². The van der Waals surface area contributed by atoms with Crippen molar-refractivity contribution in [3.63, 3.8) is 0 Å². The second-order valence-electron chi connectivity index (χ2n) is 5.75. The molecule has 2 rings (SSSR count). The molecule has 0 radical (unpaired) electrons. The largest absolute Gasteiger partial charge is 0.550 e. The molecule has 29 heavy (non-hydrogen) atoms. The third-order valence-corrected chi connectivity index (χ3v) is 4.13. The maximum Gasteiger partial charge on any atom is 0.270 e. The average molecular weight is 461 g/mol. The summed E-state index contributed by atoms with van der Waals surface area (Å²) < 4.78 is 0.765. The Morgan fingerprint density at radius 3 is 2.41 bits per heavy atom. The van der Waals surface area contributed by atoms with Gasteiger partial charge in [0, 0.05) is 41.1 Å². The number of nitrogens with one attached hydrogen (secondary N) is 2. The highest BCUT2D eigenvalue weighted by Crippen LogP contribution is 2.16. The molecule has 0 bridgehead atoms. The number of nitrogens with zero attached hydrogens (tertiary/aromatic N) is 1. The molecule has 0 saturated carbocycles. The van der Waals surface area contributed by atoms with Crippen LogP contribution in [0.4, 0.5) is 5.69 Å². The van der Waals surface area contributed by atoms with Crippen LogP contribution < -0.4 is 15.7 Å². The molecule has 0 aliphatic heterocycles. The molecule has 0 unspecified atom stereocenters. The number of hydrogen-bond acceptors (Lipinski definition) is 6. The molecule has 0 aliphatic rings. The summed E-state index contributed by atoms with van der Waals surface area (Å²) in [7, 11) is 0. The smallest absolute Gasteiger partial charge is 0.270 e. The number of amides is 2. The second-order valence-corrected chi connectivity index (χ2v) is 6.66. The zero-order valence-corrected chi connectivity index (χ0v) is 16.5. The van der Waals surface area contributed by atoms with E-state index in [-0.39, 0.29) is 23.5 Å². The number of carbonyl (C=O) groups excluding carboxylic acids is 3. The Kier molecular flexibility index (Phi) is 7.61. The molecule has 0 aliphatic carbocycles. The monoisotopic (exact) mass is 460 g/mol. The molecule has 2 N–H and O–H groups in total. The van der Waals surface area contributed by atoms with E-state index in [2.05, 4.69) is 26.6 Å². The highest BCUT2D eigenvalue weighted by atomic mass is 79.9. The SMILES string of the molecule is O=C([O-])CCNC(=O)/C(=C/c1cccc([N+](=O)[O-])c1)NC(=O)c1ccc(Br)cc1. The maximum atomic E-state index is 12.5. The predicted octanol–water partition coefficient (Wildman–Crippen LogP) is 1.38. The molecule has 150 valence electrons. The molecule has 2 amide bonds. The molecule has 0 aromatic heterocycles. The van der Waals surface area contributed by atoms with Crippen molar-refractivity contribution < 1.29 is 24.4 Å². The normalized spacial score (nSPS) is 10.9. The van der Waals surface area contributed by atoms with E-state index in [0.29, 0.717) is 5.56 Å². The first kappa shape index (κ1) is 21.8. The Labute approximate surface area is 173 Å². The summed E-state index contributed by atoms with van der Waals surface area (Å²) in [4.78, 5) is 45.8. The second kappa shape index (κ2) is 10.1. The molecular weight excluding hydrogens is 446 g/mol. The maximum absolute atomic E-state index is 12.5. The van der Waals surface area contributed by atoms with Crippen LogP contribution in [-0.2, 0) is 9.59 Å². The summed E-state index contributed by atoms with van der Waals surface area (Å²) in [6, 6.07) is 11.9. The van der Waals surface area contributed by atoms with Crippen LogP contribution in [0.5, 0.6) is 0 Å². The van der Waals surface area contributed by atoms with Gasteiger partial charge in [-0.3, -0.25) is 19.7 Å². The van der Waals surface area contributed by atoms with Gasteiger partial charge in [-0.15, -0.1) is 0 Å². The number of rotatable bonds is 8. The van der Waals surface area contributed by atoms with E-state index in [1.54, 1.807) is 24.3 Å². The molecule has 0 heterocycles.